The maximum Gasteiger partial charge on any atom is 3.00 e. The molecule has 1 unspecified atom stereocenters. The van der Waals surface area contributed by atoms with Gasteiger partial charge in [-0.3, -0.25) is 11.2 Å². The molecule has 9 nitrogen and oxygen atoms in total. The van der Waals surface area contributed by atoms with E-state index in [9.17, 15) is 0 Å². The van der Waals surface area contributed by atoms with Crippen LogP contribution in [0.3, 0.4) is 0 Å². The Morgan fingerprint density at radius 2 is 1.61 bits per heavy atom. The fourth-order valence-corrected chi connectivity index (χ4v) is 7.05. The first-order chi connectivity index (χ1) is 13.2. The van der Waals surface area contributed by atoms with Crippen LogP contribution in [-0.2, 0) is 39.8 Å². The van der Waals surface area contributed by atoms with Crippen molar-refractivity contribution in [2.45, 2.75) is 44.6 Å². The molecule has 3 aliphatic heterocycles. The second-order valence-corrected chi connectivity index (χ2v) is 9.15. The standard InChI is InChI=1S/C13H25NO3Si.C3H2NO.CO.Mn.NO/c1-12-4-2-3-5-13(12)18-15-9-6-14(7-10-16-18)8-11-17-18;4-2-1-3-5;1-2;;1-2/h12-13H,2-11H2,1H3;1H2;;;/q;-1;;+3;-1/t12-,13?;;;;/m1..../s1. The molecule has 0 N–H and O–H groups in total. The average molecular weight is 452 g/mol. The summed E-state index contributed by atoms with van der Waals surface area (Å²) >= 11 is 0. The average Bonchev–Trinajstić information content (AvgIpc) is 2.66. The topological polar surface area (TPSA) is 131 Å². The summed E-state index contributed by atoms with van der Waals surface area (Å²) in [5.74, 6) is 0.695. The molecule has 11 heteroatoms. The van der Waals surface area contributed by atoms with Crippen LogP contribution in [0.15, 0.2) is 0 Å². The van der Waals surface area contributed by atoms with E-state index in [1.54, 1.807) is 6.07 Å². The zero-order valence-electron chi connectivity index (χ0n) is 16.1. The number of rotatable bonds is 2. The van der Waals surface area contributed by atoms with Crippen LogP contribution in [0.5, 0.6) is 0 Å². The van der Waals surface area contributed by atoms with Crippen molar-refractivity contribution < 1.29 is 39.8 Å². The van der Waals surface area contributed by atoms with Crippen LogP contribution in [0.2, 0.25) is 5.54 Å². The van der Waals surface area contributed by atoms with Crippen molar-refractivity contribution in [2.75, 3.05) is 39.5 Å². The maximum atomic E-state index is 9.06. The van der Waals surface area contributed by atoms with Crippen molar-refractivity contribution >= 4 is 15.1 Å². The summed E-state index contributed by atoms with van der Waals surface area (Å²) in [6, 6.07) is 1.59. The molecular formula is C17H27MnN3O6Si+. The summed E-state index contributed by atoms with van der Waals surface area (Å²) in [5, 5.41) is 7.55. The molecule has 3 heterocycles. The minimum atomic E-state index is -2.42. The molecule has 0 aromatic rings. The van der Waals surface area contributed by atoms with Crippen LogP contribution >= 0.6 is 0 Å². The Balaban J connectivity index is 0. The predicted octanol–water partition coefficient (Wildman–Crippen LogP) is 2.18. The summed E-state index contributed by atoms with van der Waals surface area (Å²) in [4.78, 5) is 18.7. The van der Waals surface area contributed by atoms with Gasteiger partial charge in [0.2, 0.25) is 0 Å². The number of nitroso groups, excluding NO2 is 1. The quantitative estimate of drug-likeness (QED) is 0.356. The van der Waals surface area contributed by atoms with Crippen molar-refractivity contribution in [1.82, 2.24) is 4.90 Å². The molecule has 0 spiro atoms. The first-order valence-corrected chi connectivity index (χ1v) is 10.8. The van der Waals surface area contributed by atoms with E-state index in [1.807, 2.05) is 0 Å². The summed E-state index contributed by atoms with van der Waals surface area (Å²) in [7, 11) is -2.42. The SMILES string of the molecule is C[C@@H]1CCCCC1[Si]12OCCN(CCO1)CCO2.N#CC[C-]=O.[C-]#[O+].[Mn+3].[N-]=O. The number of hydrogen-bond donors (Lipinski definition) is 0. The molecule has 0 amide bonds. The number of fused-ring (bicyclic) bond motifs is 6. The maximum absolute atomic E-state index is 9.06. The molecular weight excluding hydrogens is 425 g/mol. The van der Waals surface area contributed by atoms with Crippen LogP contribution in [0.1, 0.15) is 39.0 Å². The van der Waals surface area contributed by atoms with Crippen molar-refractivity contribution in [3.63, 3.8) is 0 Å². The number of hydrogen-bond acceptors (Lipinski definition) is 7. The van der Waals surface area contributed by atoms with Crippen LogP contribution in [0.25, 0.3) is 5.59 Å². The summed E-state index contributed by atoms with van der Waals surface area (Å²) in [5.41, 5.74) is 6.29. The third kappa shape index (κ3) is 9.52. The van der Waals surface area contributed by atoms with Gasteiger partial charge in [0, 0.05) is 31.2 Å². The smallest absolute Gasteiger partial charge is 0.577 e. The molecule has 2 atom stereocenters. The van der Waals surface area contributed by atoms with Gasteiger partial charge in [-0.2, -0.15) is 0 Å². The van der Waals surface area contributed by atoms with Crippen molar-refractivity contribution in [1.29, 1.82) is 5.26 Å². The van der Waals surface area contributed by atoms with E-state index >= 15 is 0 Å². The van der Waals surface area contributed by atoms with E-state index in [2.05, 4.69) is 18.5 Å². The van der Waals surface area contributed by atoms with Gasteiger partial charge in [-0.15, -0.1) is 0 Å². The molecule has 1 aliphatic carbocycles. The fourth-order valence-electron chi connectivity index (χ4n) is 3.61. The van der Waals surface area contributed by atoms with Crippen molar-refractivity contribution in [3.05, 3.63) is 17.2 Å². The van der Waals surface area contributed by atoms with Crippen LogP contribution in [0, 0.1) is 28.8 Å². The van der Waals surface area contributed by atoms with Gasteiger partial charge in [0.15, 0.2) is 0 Å². The molecule has 4 fully saturated rings. The van der Waals surface area contributed by atoms with E-state index in [0.717, 1.165) is 39.5 Å². The first-order valence-electron chi connectivity index (χ1n) is 8.96. The van der Waals surface area contributed by atoms with E-state index in [-0.39, 0.29) is 23.5 Å². The van der Waals surface area contributed by atoms with Gasteiger partial charge in [-0.1, -0.05) is 32.6 Å². The zero-order chi connectivity index (χ0) is 20.5. The predicted molar refractivity (Wildman–Crippen MR) is 98.0 cm³/mol. The third-order valence-electron chi connectivity index (χ3n) is 4.85. The van der Waals surface area contributed by atoms with Gasteiger partial charge < -0.3 is 28.6 Å². The summed E-state index contributed by atoms with van der Waals surface area (Å²) < 4.78 is 26.1. The zero-order valence-corrected chi connectivity index (χ0v) is 18.3. The van der Waals surface area contributed by atoms with Gasteiger partial charge >= 0.3 is 37.2 Å². The normalized spacial score (nSPS) is 30.9. The molecule has 0 aromatic heterocycles. The van der Waals surface area contributed by atoms with Gasteiger partial charge in [-0.05, 0) is 12.3 Å². The largest absolute Gasteiger partial charge is 3.00 e. The Hall–Kier alpha value is -0.924. The molecule has 0 aromatic carbocycles. The van der Waals surface area contributed by atoms with Crippen molar-refractivity contribution in [3.8, 4) is 6.07 Å². The molecule has 28 heavy (non-hydrogen) atoms. The third-order valence-corrected chi connectivity index (χ3v) is 8.43. The Kier molecular flexibility index (Phi) is 19.0. The number of nitriles is 1. The fraction of sp³-hybridized carbons (Fsp3) is 0.824. The molecule has 1 saturated carbocycles. The minimum Gasteiger partial charge on any atom is -0.577 e. The first kappa shape index (κ1) is 29.3. The van der Waals surface area contributed by atoms with E-state index in [4.69, 9.17) is 38.5 Å². The van der Waals surface area contributed by atoms with E-state index < -0.39 is 8.80 Å². The van der Waals surface area contributed by atoms with Gasteiger partial charge in [0.05, 0.1) is 19.8 Å². The molecule has 0 radical (unpaired) electrons. The second kappa shape index (κ2) is 18.1. The number of carbonyl (C=O) groups excluding carboxylic acids is 1. The Morgan fingerprint density at radius 1 is 1.14 bits per heavy atom. The monoisotopic (exact) mass is 452 g/mol. The molecule has 4 aliphatic rings. The van der Waals surface area contributed by atoms with E-state index in [0.29, 0.717) is 11.5 Å². The molecule has 2 bridgehead atoms. The van der Waals surface area contributed by atoms with Crippen LogP contribution in [0.4, 0.5) is 0 Å². The van der Waals surface area contributed by atoms with Crippen LogP contribution in [-0.4, -0.2) is 59.4 Å². The molecule has 4 rings (SSSR count). The molecule has 3 saturated heterocycles. The summed E-state index contributed by atoms with van der Waals surface area (Å²) in [6.07, 6.45) is 6.50. The second-order valence-electron chi connectivity index (χ2n) is 6.34. The van der Waals surface area contributed by atoms with Crippen molar-refractivity contribution in [2.24, 2.45) is 5.92 Å². The Labute approximate surface area is 178 Å². The van der Waals surface area contributed by atoms with Gasteiger partial charge in [0.25, 0.3) is 0 Å². The Bertz CT molecular complexity index is 453. The van der Waals surface area contributed by atoms with Gasteiger partial charge in [0.1, 0.15) is 0 Å². The van der Waals surface area contributed by atoms with E-state index in [1.165, 1.54) is 32.0 Å². The van der Waals surface area contributed by atoms with Crippen LogP contribution < -0.4 is 0 Å². The summed E-state index contributed by atoms with van der Waals surface area (Å²) in [6.45, 7) is 12.3. The van der Waals surface area contributed by atoms with Gasteiger partial charge in [-0.25, -0.2) is 5.26 Å². The molecule has 156 valence electrons. The minimum absolute atomic E-state index is 0. The number of nitrogens with zero attached hydrogens (tertiary/aromatic N) is 3. The Morgan fingerprint density at radius 3 is 1.96 bits per heavy atom.